The predicted octanol–water partition coefficient (Wildman–Crippen LogP) is 0.497. The second-order valence-electron chi connectivity index (χ2n) is 6.68. The summed E-state index contributed by atoms with van der Waals surface area (Å²) in [7, 11) is 5.61. The first-order chi connectivity index (χ1) is 11.3. The fraction of sp³-hybridized carbons (Fsp3) is 0.706. The van der Waals surface area contributed by atoms with Gasteiger partial charge in [-0.2, -0.15) is 0 Å². The molecule has 2 rings (SSSR count). The number of rotatable bonds is 6. The topological polar surface area (TPSA) is 78.5 Å². The Labute approximate surface area is 143 Å². The zero-order valence-electron chi connectivity index (χ0n) is 15.3. The lowest BCUT2D eigenvalue weighted by molar-refractivity contribution is -0.130. The molecule has 134 valence electrons. The molecule has 0 aromatic carbocycles. The van der Waals surface area contributed by atoms with Crippen molar-refractivity contribution in [3.63, 3.8) is 0 Å². The third-order valence-corrected chi connectivity index (χ3v) is 4.82. The Kier molecular flexibility index (Phi) is 6.12. The van der Waals surface area contributed by atoms with Gasteiger partial charge in [-0.25, -0.2) is 4.98 Å². The number of ether oxygens (including phenoxy) is 1. The molecule has 1 N–H and O–H groups in total. The minimum atomic E-state index is -0.145. The maximum absolute atomic E-state index is 12.4. The first kappa shape index (κ1) is 18.6. The highest BCUT2D eigenvalue weighted by Gasteiger charge is 2.30. The van der Waals surface area contributed by atoms with Crippen molar-refractivity contribution >= 4 is 5.91 Å². The number of aryl methyl sites for hydroxylation is 2. The number of carbonyl (C=O) groups is 1. The maximum atomic E-state index is 12.4. The molecule has 0 aliphatic carbocycles. The zero-order valence-corrected chi connectivity index (χ0v) is 15.3. The van der Waals surface area contributed by atoms with Crippen LogP contribution in [0.4, 0.5) is 0 Å². The Morgan fingerprint density at radius 1 is 1.46 bits per heavy atom. The molecule has 1 aromatic rings. The molecule has 0 unspecified atom stereocenters. The van der Waals surface area contributed by atoms with Crippen LogP contribution in [0.5, 0.6) is 0 Å². The highest BCUT2D eigenvalue weighted by Crippen LogP contribution is 2.19. The van der Waals surface area contributed by atoms with E-state index >= 15 is 0 Å². The van der Waals surface area contributed by atoms with Crippen molar-refractivity contribution in [2.75, 3.05) is 34.3 Å². The van der Waals surface area contributed by atoms with Gasteiger partial charge in [-0.3, -0.25) is 14.5 Å². The van der Waals surface area contributed by atoms with Crippen molar-refractivity contribution < 1.29 is 9.53 Å². The zero-order chi connectivity index (χ0) is 17.9. The first-order valence-corrected chi connectivity index (χ1v) is 8.35. The van der Waals surface area contributed by atoms with Gasteiger partial charge in [0.05, 0.1) is 6.10 Å². The molecule has 1 fully saturated rings. The van der Waals surface area contributed by atoms with E-state index in [1.165, 1.54) is 0 Å². The van der Waals surface area contributed by atoms with Gasteiger partial charge in [-0.1, -0.05) is 0 Å². The molecule has 0 saturated carbocycles. The Bertz CT molecular complexity index is 643. The number of hydrogen-bond donors (Lipinski definition) is 1. The molecule has 2 atom stereocenters. The van der Waals surface area contributed by atoms with Gasteiger partial charge in [0.1, 0.15) is 5.82 Å². The van der Waals surface area contributed by atoms with Gasteiger partial charge >= 0.3 is 0 Å². The number of aromatic amines is 1. The van der Waals surface area contributed by atoms with Crippen LogP contribution in [0.3, 0.4) is 0 Å². The van der Waals surface area contributed by atoms with Crippen LogP contribution in [0.1, 0.15) is 29.9 Å². The smallest absolute Gasteiger partial charge is 0.254 e. The van der Waals surface area contributed by atoms with Crippen molar-refractivity contribution in [3.8, 4) is 0 Å². The van der Waals surface area contributed by atoms with Gasteiger partial charge in [0.2, 0.25) is 5.91 Å². The fourth-order valence-electron chi connectivity index (χ4n) is 3.30. The average Bonchev–Trinajstić information content (AvgIpc) is 2.86. The largest absolute Gasteiger partial charge is 0.380 e. The second kappa shape index (κ2) is 7.90. The van der Waals surface area contributed by atoms with E-state index in [9.17, 15) is 9.59 Å². The maximum Gasteiger partial charge on any atom is 0.254 e. The molecule has 0 radical (unpaired) electrons. The van der Waals surface area contributed by atoms with Crippen LogP contribution < -0.4 is 5.56 Å². The number of amides is 1. The second-order valence-corrected chi connectivity index (χ2v) is 6.68. The summed E-state index contributed by atoms with van der Waals surface area (Å²) in [5.41, 5.74) is 1.15. The van der Waals surface area contributed by atoms with Gasteiger partial charge in [0.15, 0.2) is 0 Å². The van der Waals surface area contributed by atoms with Crippen LogP contribution in [-0.2, 0) is 16.0 Å². The number of aromatic nitrogens is 2. The van der Waals surface area contributed by atoms with Gasteiger partial charge in [0, 0.05) is 51.0 Å². The van der Waals surface area contributed by atoms with Crippen molar-refractivity contribution in [1.29, 1.82) is 0 Å². The monoisotopic (exact) mass is 336 g/mol. The molecule has 1 aliphatic rings. The van der Waals surface area contributed by atoms with Gasteiger partial charge < -0.3 is 14.6 Å². The molecular formula is C17H28N4O3. The fourth-order valence-corrected chi connectivity index (χ4v) is 3.30. The summed E-state index contributed by atoms with van der Waals surface area (Å²) in [6, 6.07) is 0.315. The molecule has 0 spiro atoms. The Balaban J connectivity index is 1.90. The molecule has 1 aromatic heterocycles. The molecule has 24 heavy (non-hydrogen) atoms. The van der Waals surface area contributed by atoms with Crippen LogP contribution in [-0.4, -0.2) is 72.1 Å². The van der Waals surface area contributed by atoms with E-state index < -0.39 is 0 Å². The molecule has 0 bridgehead atoms. The van der Waals surface area contributed by atoms with Gasteiger partial charge in [-0.05, 0) is 33.7 Å². The van der Waals surface area contributed by atoms with Crippen LogP contribution in [0, 0.1) is 13.8 Å². The molecule has 7 nitrogen and oxygen atoms in total. The van der Waals surface area contributed by atoms with Crippen molar-refractivity contribution in [3.05, 3.63) is 27.4 Å². The minimum absolute atomic E-state index is 0.0450. The van der Waals surface area contributed by atoms with Crippen LogP contribution in [0.25, 0.3) is 0 Å². The summed E-state index contributed by atoms with van der Waals surface area (Å²) in [6.45, 7) is 5.14. The summed E-state index contributed by atoms with van der Waals surface area (Å²) in [4.78, 5) is 35.3. The number of nitrogens with zero attached hydrogens (tertiary/aromatic N) is 3. The quantitative estimate of drug-likeness (QED) is 0.818. The average molecular weight is 336 g/mol. The standard InChI is InChI=1S/C17H28N4O3/c1-11-15(17(23)19-12(2)18-11)6-7-16(22)21(4)9-13-8-14(24-5)10-20(13)3/h13-14H,6-10H2,1-5H3,(H,18,19,23)/t13-,14-/m0/s1. The van der Waals surface area contributed by atoms with E-state index in [4.69, 9.17) is 4.74 Å². The summed E-state index contributed by atoms with van der Waals surface area (Å²) in [6.07, 6.45) is 1.91. The number of hydrogen-bond acceptors (Lipinski definition) is 5. The number of likely N-dealkylation sites (tertiary alicyclic amines) is 1. The van der Waals surface area contributed by atoms with E-state index in [0.29, 0.717) is 42.5 Å². The van der Waals surface area contributed by atoms with Crippen molar-refractivity contribution in [2.24, 2.45) is 0 Å². The predicted molar refractivity (Wildman–Crippen MR) is 92.1 cm³/mol. The highest BCUT2D eigenvalue weighted by atomic mass is 16.5. The van der Waals surface area contributed by atoms with Crippen LogP contribution >= 0.6 is 0 Å². The summed E-state index contributed by atoms with van der Waals surface area (Å²) < 4.78 is 5.40. The van der Waals surface area contributed by atoms with E-state index in [-0.39, 0.29) is 17.6 Å². The Morgan fingerprint density at radius 2 is 2.17 bits per heavy atom. The normalized spacial score (nSPS) is 21.2. The lowest BCUT2D eigenvalue weighted by Gasteiger charge is -2.25. The lowest BCUT2D eigenvalue weighted by Crippen LogP contribution is -2.39. The molecule has 1 amide bonds. The number of methoxy groups -OCH3 is 1. The van der Waals surface area contributed by atoms with Crippen LogP contribution in [0.15, 0.2) is 4.79 Å². The number of carbonyl (C=O) groups excluding carboxylic acids is 1. The molecule has 7 heteroatoms. The molecule has 2 heterocycles. The lowest BCUT2D eigenvalue weighted by atomic mass is 10.1. The number of H-pyrrole nitrogens is 1. The minimum Gasteiger partial charge on any atom is -0.380 e. The number of nitrogens with one attached hydrogen (secondary N) is 1. The van der Waals surface area contributed by atoms with Crippen molar-refractivity contribution in [1.82, 2.24) is 19.8 Å². The van der Waals surface area contributed by atoms with Gasteiger partial charge in [-0.15, -0.1) is 0 Å². The molecule has 1 aliphatic heterocycles. The summed E-state index contributed by atoms with van der Waals surface area (Å²) >= 11 is 0. The highest BCUT2D eigenvalue weighted by molar-refractivity contribution is 5.76. The SMILES string of the molecule is CO[C@H]1C[C@@H](CN(C)C(=O)CCc2c(C)nc(C)[nH]c2=O)N(C)C1. The summed E-state index contributed by atoms with van der Waals surface area (Å²) in [5, 5.41) is 0. The molecular weight excluding hydrogens is 308 g/mol. The van der Waals surface area contributed by atoms with E-state index in [1.807, 2.05) is 14.0 Å². The third kappa shape index (κ3) is 4.42. The third-order valence-electron chi connectivity index (χ3n) is 4.82. The Morgan fingerprint density at radius 3 is 2.75 bits per heavy atom. The Hall–Kier alpha value is -1.73. The first-order valence-electron chi connectivity index (χ1n) is 8.35. The van der Waals surface area contributed by atoms with Gasteiger partial charge in [0.25, 0.3) is 5.56 Å². The van der Waals surface area contributed by atoms with Crippen molar-refractivity contribution in [2.45, 2.75) is 45.3 Å². The van der Waals surface area contributed by atoms with E-state index in [0.717, 1.165) is 13.0 Å². The van der Waals surface area contributed by atoms with E-state index in [2.05, 4.69) is 21.9 Å². The summed E-state index contributed by atoms with van der Waals surface area (Å²) in [5.74, 6) is 0.644. The van der Waals surface area contributed by atoms with Crippen LogP contribution in [0.2, 0.25) is 0 Å². The molecule has 1 saturated heterocycles. The number of likely N-dealkylation sites (N-methyl/N-ethyl adjacent to an activating group) is 2. The van der Waals surface area contributed by atoms with E-state index in [1.54, 1.807) is 18.9 Å².